The molecule has 6 heteroatoms. The van der Waals surface area contributed by atoms with E-state index >= 15 is 0 Å². The van der Waals surface area contributed by atoms with E-state index in [4.69, 9.17) is 0 Å². The lowest BCUT2D eigenvalue weighted by atomic mass is 10.1. The fraction of sp³-hybridized carbons (Fsp3) is 0.350. The van der Waals surface area contributed by atoms with Gasteiger partial charge in [-0.25, -0.2) is 9.18 Å². The van der Waals surface area contributed by atoms with Gasteiger partial charge in [-0.2, -0.15) is 0 Å². The standard InChI is InChI=1S/C20H25FN4O/c1-3-24-9-11-25(12-10-24)18-7-8-19(15(2)13-18)23-20(26)22-17-6-4-5-16(21)14-17/h4-8,13-14H,3,9-12H2,1-2H3,(H2,22,23,26). The lowest BCUT2D eigenvalue weighted by molar-refractivity contribution is 0.262. The largest absolute Gasteiger partial charge is 0.369 e. The predicted molar refractivity (Wildman–Crippen MR) is 105 cm³/mol. The average molecular weight is 356 g/mol. The average Bonchev–Trinajstić information content (AvgIpc) is 2.63. The second-order valence-electron chi connectivity index (χ2n) is 6.51. The first-order valence-electron chi connectivity index (χ1n) is 8.96. The number of hydrogen-bond donors (Lipinski definition) is 2. The van der Waals surface area contributed by atoms with Gasteiger partial charge in [-0.1, -0.05) is 13.0 Å². The zero-order valence-corrected chi connectivity index (χ0v) is 15.3. The van der Waals surface area contributed by atoms with Crippen molar-refractivity contribution in [3.63, 3.8) is 0 Å². The molecule has 0 aliphatic carbocycles. The van der Waals surface area contributed by atoms with Crippen molar-refractivity contribution in [2.75, 3.05) is 48.3 Å². The number of hydrogen-bond acceptors (Lipinski definition) is 3. The van der Waals surface area contributed by atoms with Gasteiger partial charge in [0.2, 0.25) is 0 Å². The Morgan fingerprint density at radius 3 is 2.50 bits per heavy atom. The number of likely N-dealkylation sites (N-methyl/N-ethyl adjacent to an activating group) is 1. The highest BCUT2D eigenvalue weighted by Gasteiger charge is 2.16. The van der Waals surface area contributed by atoms with E-state index in [2.05, 4.69) is 33.4 Å². The van der Waals surface area contributed by atoms with Crippen LogP contribution in [-0.2, 0) is 0 Å². The maximum Gasteiger partial charge on any atom is 0.323 e. The van der Waals surface area contributed by atoms with Gasteiger partial charge >= 0.3 is 6.03 Å². The van der Waals surface area contributed by atoms with Crippen molar-refractivity contribution in [2.24, 2.45) is 0 Å². The number of piperazine rings is 1. The van der Waals surface area contributed by atoms with Crippen LogP contribution in [0.15, 0.2) is 42.5 Å². The number of carbonyl (C=O) groups is 1. The maximum atomic E-state index is 13.2. The number of anilines is 3. The number of carbonyl (C=O) groups excluding carboxylic acids is 1. The van der Waals surface area contributed by atoms with Crippen molar-refractivity contribution in [3.05, 3.63) is 53.8 Å². The van der Waals surface area contributed by atoms with Gasteiger partial charge in [0.25, 0.3) is 0 Å². The highest BCUT2D eigenvalue weighted by Crippen LogP contribution is 2.24. The van der Waals surface area contributed by atoms with E-state index in [0.717, 1.165) is 44.0 Å². The van der Waals surface area contributed by atoms with Crippen molar-refractivity contribution in [1.82, 2.24) is 4.90 Å². The Hall–Kier alpha value is -2.60. The third-order valence-corrected chi connectivity index (χ3v) is 4.73. The smallest absolute Gasteiger partial charge is 0.323 e. The van der Waals surface area contributed by atoms with Crippen LogP contribution in [0.4, 0.5) is 26.2 Å². The number of urea groups is 1. The molecule has 2 aromatic rings. The van der Waals surface area contributed by atoms with Crippen LogP contribution >= 0.6 is 0 Å². The zero-order valence-electron chi connectivity index (χ0n) is 15.3. The molecule has 2 N–H and O–H groups in total. The first-order valence-corrected chi connectivity index (χ1v) is 8.96. The minimum Gasteiger partial charge on any atom is -0.369 e. The quantitative estimate of drug-likeness (QED) is 0.873. The van der Waals surface area contributed by atoms with Crippen molar-refractivity contribution in [1.29, 1.82) is 0 Å². The predicted octanol–water partition coefficient (Wildman–Crippen LogP) is 3.92. The van der Waals surface area contributed by atoms with E-state index in [1.807, 2.05) is 19.1 Å². The summed E-state index contributed by atoms with van der Waals surface area (Å²) in [4.78, 5) is 17.0. The second-order valence-corrected chi connectivity index (χ2v) is 6.51. The van der Waals surface area contributed by atoms with Gasteiger partial charge in [-0.05, 0) is 55.4 Å². The van der Waals surface area contributed by atoms with Gasteiger partial charge in [0, 0.05) is 43.2 Å². The fourth-order valence-corrected chi connectivity index (χ4v) is 3.16. The Morgan fingerprint density at radius 1 is 1.08 bits per heavy atom. The molecule has 1 aliphatic rings. The summed E-state index contributed by atoms with van der Waals surface area (Å²) in [5, 5.41) is 5.47. The lowest BCUT2D eigenvalue weighted by Gasteiger charge is -2.35. The van der Waals surface area contributed by atoms with E-state index in [9.17, 15) is 9.18 Å². The SMILES string of the molecule is CCN1CCN(c2ccc(NC(=O)Nc3cccc(F)c3)c(C)c2)CC1. The van der Waals surface area contributed by atoms with E-state index in [1.165, 1.54) is 17.8 Å². The molecule has 3 rings (SSSR count). The van der Waals surface area contributed by atoms with E-state index in [0.29, 0.717) is 5.69 Å². The molecule has 2 amide bonds. The molecule has 0 bridgehead atoms. The van der Waals surface area contributed by atoms with Crippen LogP contribution < -0.4 is 15.5 Å². The molecule has 2 aromatic carbocycles. The van der Waals surface area contributed by atoms with Crippen molar-refractivity contribution in [3.8, 4) is 0 Å². The summed E-state index contributed by atoms with van der Waals surface area (Å²) in [7, 11) is 0. The highest BCUT2D eigenvalue weighted by atomic mass is 19.1. The number of nitrogens with zero attached hydrogens (tertiary/aromatic N) is 2. The number of aryl methyl sites for hydroxylation is 1. The van der Waals surface area contributed by atoms with Gasteiger partial charge in [0.1, 0.15) is 5.82 Å². The zero-order chi connectivity index (χ0) is 18.5. The van der Waals surface area contributed by atoms with Crippen LogP contribution in [0.1, 0.15) is 12.5 Å². The van der Waals surface area contributed by atoms with Crippen molar-refractivity contribution in [2.45, 2.75) is 13.8 Å². The summed E-state index contributed by atoms with van der Waals surface area (Å²) < 4.78 is 13.2. The van der Waals surface area contributed by atoms with Crippen LogP contribution in [0, 0.1) is 12.7 Å². The molecule has 5 nitrogen and oxygen atoms in total. The second kappa shape index (κ2) is 8.19. The summed E-state index contributed by atoms with van der Waals surface area (Å²) in [6.07, 6.45) is 0. The van der Waals surface area contributed by atoms with E-state index < -0.39 is 0 Å². The summed E-state index contributed by atoms with van der Waals surface area (Å²) in [6.45, 7) is 9.44. The van der Waals surface area contributed by atoms with Crippen LogP contribution in [0.3, 0.4) is 0 Å². The summed E-state index contributed by atoms with van der Waals surface area (Å²) >= 11 is 0. The highest BCUT2D eigenvalue weighted by molar-refractivity contribution is 6.00. The molecule has 1 aliphatic heterocycles. The van der Waals surface area contributed by atoms with Gasteiger partial charge in [-0.3, -0.25) is 0 Å². The fourth-order valence-electron chi connectivity index (χ4n) is 3.16. The normalized spacial score (nSPS) is 15.0. The van der Waals surface area contributed by atoms with E-state index in [-0.39, 0.29) is 11.8 Å². The number of amides is 2. The molecule has 1 fully saturated rings. The Labute approximate surface area is 153 Å². The van der Waals surface area contributed by atoms with Crippen molar-refractivity contribution < 1.29 is 9.18 Å². The molecule has 0 saturated carbocycles. The molecular formula is C20H25FN4O. The number of halogens is 1. The Balaban J connectivity index is 1.61. The maximum absolute atomic E-state index is 13.2. The molecule has 0 aromatic heterocycles. The first kappa shape index (κ1) is 18.2. The number of benzene rings is 2. The minimum atomic E-state index is -0.386. The molecule has 0 unspecified atom stereocenters. The van der Waals surface area contributed by atoms with Gasteiger partial charge < -0.3 is 20.4 Å². The molecule has 0 spiro atoms. The topological polar surface area (TPSA) is 47.6 Å². The Morgan fingerprint density at radius 2 is 1.85 bits per heavy atom. The molecule has 1 heterocycles. The summed E-state index contributed by atoms with van der Waals surface area (Å²) in [5.41, 5.74) is 3.34. The Kier molecular flexibility index (Phi) is 5.73. The molecule has 0 atom stereocenters. The minimum absolute atomic E-state index is 0.383. The Bertz CT molecular complexity index is 772. The van der Waals surface area contributed by atoms with Crippen LogP contribution in [0.5, 0.6) is 0 Å². The molecular weight excluding hydrogens is 331 g/mol. The molecule has 138 valence electrons. The number of nitrogens with one attached hydrogen (secondary N) is 2. The first-order chi connectivity index (χ1) is 12.5. The van der Waals surface area contributed by atoms with Gasteiger partial charge in [0.05, 0.1) is 0 Å². The van der Waals surface area contributed by atoms with Crippen LogP contribution in [-0.4, -0.2) is 43.7 Å². The monoisotopic (exact) mass is 356 g/mol. The third-order valence-electron chi connectivity index (χ3n) is 4.73. The van der Waals surface area contributed by atoms with Gasteiger partial charge in [-0.15, -0.1) is 0 Å². The lowest BCUT2D eigenvalue weighted by Crippen LogP contribution is -2.46. The summed E-state index contributed by atoms with van der Waals surface area (Å²) in [5.74, 6) is -0.383. The van der Waals surface area contributed by atoms with Gasteiger partial charge in [0.15, 0.2) is 0 Å². The van der Waals surface area contributed by atoms with Crippen LogP contribution in [0.25, 0.3) is 0 Å². The third kappa shape index (κ3) is 4.52. The molecule has 26 heavy (non-hydrogen) atoms. The van der Waals surface area contributed by atoms with Crippen LogP contribution in [0.2, 0.25) is 0 Å². The summed E-state index contributed by atoms with van der Waals surface area (Å²) in [6, 6.07) is 11.5. The number of rotatable bonds is 4. The van der Waals surface area contributed by atoms with Crippen molar-refractivity contribution >= 4 is 23.1 Å². The van der Waals surface area contributed by atoms with E-state index in [1.54, 1.807) is 12.1 Å². The molecule has 1 saturated heterocycles. The molecule has 0 radical (unpaired) electrons.